The van der Waals surface area contributed by atoms with E-state index in [1.165, 1.54) is 0 Å². The maximum atomic E-state index is 13.9. The fraction of sp³-hybridized carbons (Fsp3) is 0.394. The zero-order valence-corrected chi connectivity index (χ0v) is 26.4. The molecule has 1 heterocycles. The molecule has 0 atom stereocenters. The molecule has 0 radical (unpaired) electrons. The number of halogens is 1. The van der Waals surface area contributed by atoms with Gasteiger partial charge >= 0.3 is 0 Å². The van der Waals surface area contributed by atoms with Crippen molar-refractivity contribution < 1.29 is 14.6 Å². The van der Waals surface area contributed by atoms with Crippen molar-refractivity contribution in [2.45, 2.75) is 78.8 Å². The van der Waals surface area contributed by atoms with E-state index in [0.717, 1.165) is 34.1 Å². The third kappa shape index (κ3) is 6.35. The number of para-hydroxylation sites is 1. The van der Waals surface area contributed by atoms with Crippen LogP contribution in [0.2, 0.25) is 0 Å². The van der Waals surface area contributed by atoms with Crippen LogP contribution in [0.25, 0.3) is 11.0 Å². The van der Waals surface area contributed by atoms with Gasteiger partial charge in [0.05, 0.1) is 25.2 Å². The average molecular weight is 609 g/mol. The Morgan fingerprint density at radius 3 is 2.05 bits per heavy atom. The van der Waals surface area contributed by atoms with Crippen LogP contribution in [0.15, 0.2) is 60.7 Å². The second-order valence-electron chi connectivity index (χ2n) is 12.3. The van der Waals surface area contributed by atoms with Crippen LogP contribution in [0.5, 0.6) is 11.5 Å². The molecule has 0 aliphatic rings. The molecule has 214 valence electrons. The van der Waals surface area contributed by atoms with Crippen LogP contribution in [0, 0.1) is 5.41 Å². The van der Waals surface area contributed by atoms with E-state index in [-0.39, 0.29) is 51.5 Å². The quantitative estimate of drug-likeness (QED) is 0.203. The molecule has 0 amide bonds. The third-order valence-corrected chi connectivity index (χ3v) is 7.04. The number of hydrogen-bond acceptors (Lipinski definition) is 4. The van der Waals surface area contributed by atoms with E-state index in [1.807, 2.05) is 107 Å². The lowest BCUT2D eigenvalue weighted by molar-refractivity contribution is 0.0971. The molecular formula is C33H42BrN3O3. The molecule has 0 aliphatic heterocycles. The number of fused-ring (bicyclic) bond motifs is 1. The number of Topliss-reactive ketones (excluding diaryl/α,β-unsaturated/α-hetero) is 1. The fourth-order valence-electron chi connectivity index (χ4n) is 4.95. The van der Waals surface area contributed by atoms with Gasteiger partial charge in [-0.15, -0.1) is 17.0 Å². The van der Waals surface area contributed by atoms with Crippen LogP contribution in [-0.2, 0) is 23.9 Å². The Bertz CT molecular complexity index is 1520. The number of aromatic nitrogens is 2. The molecule has 4 rings (SSSR count). The lowest BCUT2D eigenvalue weighted by atomic mass is 9.78. The van der Waals surface area contributed by atoms with E-state index in [0.29, 0.717) is 24.5 Å². The van der Waals surface area contributed by atoms with Crippen LogP contribution < -0.4 is 10.4 Å². The Hall–Kier alpha value is -3.32. The first-order valence-corrected chi connectivity index (χ1v) is 13.7. The zero-order chi connectivity index (χ0) is 28.5. The van der Waals surface area contributed by atoms with Crippen molar-refractivity contribution in [1.29, 1.82) is 5.41 Å². The van der Waals surface area contributed by atoms with Crippen molar-refractivity contribution in [3.8, 4) is 11.5 Å². The molecule has 0 unspecified atom stereocenters. The Labute approximate surface area is 247 Å². The summed E-state index contributed by atoms with van der Waals surface area (Å²) < 4.78 is 9.78. The van der Waals surface area contributed by atoms with Gasteiger partial charge in [0, 0.05) is 16.7 Å². The lowest BCUT2D eigenvalue weighted by Crippen LogP contribution is -2.28. The third-order valence-electron chi connectivity index (χ3n) is 7.04. The van der Waals surface area contributed by atoms with Gasteiger partial charge in [-0.3, -0.25) is 10.2 Å². The molecule has 0 bridgehead atoms. The summed E-state index contributed by atoms with van der Waals surface area (Å²) in [6.07, 6.45) is 0.870. The minimum absolute atomic E-state index is 0. The van der Waals surface area contributed by atoms with Gasteiger partial charge in [0.2, 0.25) is 5.62 Å². The molecule has 40 heavy (non-hydrogen) atoms. The van der Waals surface area contributed by atoms with Crippen molar-refractivity contribution >= 4 is 33.8 Å². The SMILES string of the molecule is Br.CCCOc1cccc2c1n(Cc1ccccc1)c(=N)n2CC(=O)c1cc(C(C)(C)C)c(O)c(C(C)(C)C)c1. The predicted octanol–water partition coefficient (Wildman–Crippen LogP) is 7.52. The van der Waals surface area contributed by atoms with Gasteiger partial charge in [-0.25, -0.2) is 0 Å². The van der Waals surface area contributed by atoms with Crippen LogP contribution in [0.3, 0.4) is 0 Å². The second-order valence-corrected chi connectivity index (χ2v) is 12.3. The Kier molecular flexibility index (Phi) is 9.40. The topological polar surface area (TPSA) is 80.2 Å². The summed E-state index contributed by atoms with van der Waals surface area (Å²) in [6, 6.07) is 19.4. The largest absolute Gasteiger partial charge is 0.507 e. The first-order chi connectivity index (χ1) is 18.3. The van der Waals surface area contributed by atoms with Crippen LogP contribution in [0.4, 0.5) is 0 Å². The molecule has 0 aliphatic carbocycles. The highest BCUT2D eigenvalue weighted by atomic mass is 79.9. The summed E-state index contributed by atoms with van der Waals surface area (Å²) in [5.41, 5.74) is 4.24. The molecular weight excluding hydrogens is 566 g/mol. The van der Waals surface area contributed by atoms with Crippen LogP contribution in [0.1, 0.15) is 81.9 Å². The summed E-state index contributed by atoms with van der Waals surface area (Å²) in [6.45, 7) is 15.3. The first kappa shape index (κ1) is 31.2. The van der Waals surface area contributed by atoms with E-state index < -0.39 is 0 Å². The van der Waals surface area contributed by atoms with E-state index in [1.54, 1.807) is 4.57 Å². The maximum Gasteiger partial charge on any atom is 0.203 e. The standard InChI is InChI=1S/C33H41N3O3.BrH/c1-8-17-39-28-16-12-15-26-29(28)36(20-22-13-10-9-11-14-22)31(34)35(26)21-27(37)23-18-24(32(2,3)4)30(38)25(19-23)33(5,6)7;/h9-16,18-19,34,38H,8,17,20-21H2,1-7H3;1H. The molecule has 0 spiro atoms. The van der Waals surface area contributed by atoms with Crippen molar-refractivity contribution in [2.24, 2.45) is 0 Å². The molecule has 4 aromatic rings. The number of phenols is 1. The van der Waals surface area contributed by atoms with Gasteiger partial charge in [-0.05, 0) is 47.1 Å². The summed E-state index contributed by atoms with van der Waals surface area (Å²) in [5, 5.41) is 20.3. The fourth-order valence-corrected chi connectivity index (χ4v) is 4.95. The van der Waals surface area contributed by atoms with Gasteiger partial charge in [0.1, 0.15) is 17.0 Å². The molecule has 7 heteroatoms. The van der Waals surface area contributed by atoms with E-state index in [2.05, 4.69) is 6.92 Å². The first-order valence-electron chi connectivity index (χ1n) is 13.7. The van der Waals surface area contributed by atoms with Gasteiger partial charge < -0.3 is 19.0 Å². The smallest absolute Gasteiger partial charge is 0.203 e. The van der Waals surface area contributed by atoms with Crippen molar-refractivity contribution in [3.05, 3.63) is 88.5 Å². The minimum Gasteiger partial charge on any atom is -0.507 e. The highest BCUT2D eigenvalue weighted by Crippen LogP contribution is 2.40. The number of nitrogens with one attached hydrogen (secondary N) is 1. The number of nitrogens with zero attached hydrogens (tertiary/aromatic N) is 2. The number of hydrogen-bond donors (Lipinski definition) is 2. The number of rotatable bonds is 8. The van der Waals surface area contributed by atoms with Gasteiger partial charge in [-0.2, -0.15) is 0 Å². The van der Waals surface area contributed by atoms with Crippen LogP contribution >= 0.6 is 17.0 Å². The maximum absolute atomic E-state index is 13.9. The van der Waals surface area contributed by atoms with E-state index in [9.17, 15) is 9.90 Å². The summed E-state index contributed by atoms with van der Waals surface area (Å²) in [7, 11) is 0. The number of ether oxygens (including phenoxy) is 1. The molecule has 0 fully saturated rings. The molecule has 0 saturated carbocycles. The van der Waals surface area contributed by atoms with Gasteiger partial charge in [0.15, 0.2) is 5.78 Å². The molecule has 0 saturated heterocycles. The number of benzene rings is 3. The normalized spacial score (nSPS) is 11.9. The highest BCUT2D eigenvalue weighted by Gasteiger charge is 2.28. The summed E-state index contributed by atoms with van der Waals surface area (Å²) in [5.74, 6) is 0.848. The molecule has 6 nitrogen and oxygen atoms in total. The summed E-state index contributed by atoms with van der Waals surface area (Å²) in [4.78, 5) is 13.9. The Balaban J connectivity index is 0.00000441. The van der Waals surface area contributed by atoms with E-state index >= 15 is 0 Å². The minimum atomic E-state index is -0.342. The van der Waals surface area contributed by atoms with Gasteiger partial charge in [-0.1, -0.05) is 84.9 Å². The number of imidazole rings is 1. The predicted molar refractivity (Wildman–Crippen MR) is 167 cm³/mol. The molecule has 2 N–H and O–H groups in total. The Morgan fingerprint density at radius 1 is 0.900 bits per heavy atom. The number of ketones is 1. The van der Waals surface area contributed by atoms with Gasteiger partial charge in [0.25, 0.3) is 0 Å². The summed E-state index contributed by atoms with van der Waals surface area (Å²) >= 11 is 0. The van der Waals surface area contributed by atoms with Crippen molar-refractivity contribution in [2.75, 3.05) is 6.61 Å². The zero-order valence-electron chi connectivity index (χ0n) is 24.7. The van der Waals surface area contributed by atoms with Crippen LogP contribution in [-0.4, -0.2) is 26.6 Å². The molecule has 3 aromatic carbocycles. The number of phenolic OH excluding ortho intramolecular Hbond substituents is 1. The second kappa shape index (κ2) is 12.0. The number of carbonyl (C=O) groups excluding carboxylic acids is 1. The highest BCUT2D eigenvalue weighted by molar-refractivity contribution is 8.93. The average Bonchev–Trinajstić information content (AvgIpc) is 3.13. The Morgan fingerprint density at radius 2 is 1.50 bits per heavy atom. The monoisotopic (exact) mass is 607 g/mol. The number of aromatic hydroxyl groups is 1. The van der Waals surface area contributed by atoms with Crippen molar-refractivity contribution in [1.82, 2.24) is 9.13 Å². The van der Waals surface area contributed by atoms with Crippen molar-refractivity contribution in [3.63, 3.8) is 0 Å². The van der Waals surface area contributed by atoms with E-state index in [4.69, 9.17) is 10.1 Å². The molecule has 1 aromatic heterocycles. The number of carbonyl (C=O) groups is 1. The lowest BCUT2D eigenvalue weighted by Gasteiger charge is -2.28.